The highest BCUT2D eigenvalue weighted by atomic mass is 16.4. The van der Waals surface area contributed by atoms with E-state index >= 15 is 0 Å². The number of rotatable bonds is 3. The van der Waals surface area contributed by atoms with Gasteiger partial charge in [0.15, 0.2) is 5.78 Å². The quantitative estimate of drug-likeness (QED) is 0.867. The predicted octanol–water partition coefficient (Wildman–Crippen LogP) is 2.05. The molecule has 0 fully saturated rings. The topological polar surface area (TPSA) is 76.4 Å². The lowest BCUT2D eigenvalue weighted by Crippen LogP contribution is -2.26. The zero-order valence-electron chi connectivity index (χ0n) is 11.1. The fraction of sp³-hybridized carbons (Fsp3) is 0.133. The van der Waals surface area contributed by atoms with E-state index in [0.717, 1.165) is 0 Å². The van der Waals surface area contributed by atoms with Crippen molar-refractivity contribution in [1.82, 2.24) is 4.57 Å². The fourth-order valence-electron chi connectivity index (χ4n) is 1.96. The second-order valence-corrected chi connectivity index (χ2v) is 4.44. The number of carbonyl (C=O) groups is 2. The molecule has 2 aromatic rings. The van der Waals surface area contributed by atoms with Crippen molar-refractivity contribution in [3.8, 4) is 5.69 Å². The molecule has 0 aliphatic carbocycles. The first-order valence-electron chi connectivity index (χ1n) is 5.99. The van der Waals surface area contributed by atoms with Crippen LogP contribution in [0.4, 0.5) is 0 Å². The van der Waals surface area contributed by atoms with Crippen LogP contribution in [0.25, 0.3) is 5.69 Å². The number of hydrogen-bond donors (Lipinski definition) is 1. The summed E-state index contributed by atoms with van der Waals surface area (Å²) in [5.41, 5.74) is 0.810. The summed E-state index contributed by atoms with van der Waals surface area (Å²) in [6.07, 6.45) is 0. The first-order valence-corrected chi connectivity index (χ1v) is 5.99. The average Bonchev–Trinajstić information content (AvgIpc) is 2.38. The van der Waals surface area contributed by atoms with Gasteiger partial charge in [-0.2, -0.15) is 0 Å². The van der Waals surface area contributed by atoms with Gasteiger partial charge in [0.1, 0.15) is 5.56 Å². The van der Waals surface area contributed by atoms with Crippen molar-refractivity contribution in [2.45, 2.75) is 13.8 Å². The van der Waals surface area contributed by atoms with Gasteiger partial charge in [-0.25, -0.2) is 4.79 Å². The summed E-state index contributed by atoms with van der Waals surface area (Å²) in [4.78, 5) is 34.4. The van der Waals surface area contributed by atoms with Gasteiger partial charge in [-0.3, -0.25) is 14.2 Å². The number of aromatic carboxylic acids is 1. The molecule has 1 aromatic heterocycles. The fourth-order valence-corrected chi connectivity index (χ4v) is 1.96. The van der Waals surface area contributed by atoms with Crippen molar-refractivity contribution >= 4 is 11.8 Å². The van der Waals surface area contributed by atoms with Crippen LogP contribution in [-0.4, -0.2) is 21.4 Å². The smallest absolute Gasteiger partial charge is 0.341 e. The summed E-state index contributed by atoms with van der Waals surface area (Å²) < 4.78 is 1.31. The van der Waals surface area contributed by atoms with Crippen LogP contribution in [0.15, 0.2) is 41.2 Å². The van der Waals surface area contributed by atoms with Gasteiger partial charge in [-0.05, 0) is 50.2 Å². The van der Waals surface area contributed by atoms with Gasteiger partial charge < -0.3 is 5.11 Å². The third-order valence-corrected chi connectivity index (χ3v) is 3.04. The van der Waals surface area contributed by atoms with Crippen LogP contribution in [0, 0.1) is 6.92 Å². The zero-order valence-corrected chi connectivity index (χ0v) is 11.1. The van der Waals surface area contributed by atoms with Crippen LogP contribution in [-0.2, 0) is 0 Å². The van der Waals surface area contributed by atoms with Crippen LogP contribution in [0.3, 0.4) is 0 Å². The van der Waals surface area contributed by atoms with Crippen molar-refractivity contribution in [2.75, 3.05) is 0 Å². The van der Waals surface area contributed by atoms with Crippen LogP contribution >= 0.6 is 0 Å². The van der Waals surface area contributed by atoms with E-state index in [4.69, 9.17) is 5.11 Å². The van der Waals surface area contributed by atoms with Gasteiger partial charge in [-0.1, -0.05) is 0 Å². The number of carbonyl (C=O) groups excluding carboxylic acids is 1. The molecule has 0 bridgehead atoms. The van der Waals surface area contributed by atoms with Gasteiger partial charge in [0.25, 0.3) is 5.56 Å². The average molecular weight is 271 g/mol. The summed E-state index contributed by atoms with van der Waals surface area (Å²) in [5, 5.41) is 8.99. The molecule has 5 nitrogen and oxygen atoms in total. The number of carboxylic acids is 1. The minimum absolute atomic E-state index is 0.0695. The third kappa shape index (κ3) is 2.38. The summed E-state index contributed by atoms with van der Waals surface area (Å²) in [7, 11) is 0. The lowest BCUT2D eigenvalue weighted by Gasteiger charge is -2.11. The van der Waals surface area contributed by atoms with Crippen molar-refractivity contribution < 1.29 is 14.7 Å². The molecule has 1 N–H and O–H groups in total. The molecule has 102 valence electrons. The van der Waals surface area contributed by atoms with Crippen LogP contribution in [0.5, 0.6) is 0 Å². The third-order valence-electron chi connectivity index (χ3n) is 3.04. The largest absolute Gasteiger partial charge is 0.477 e. The number of aryl methyl sites for hydroxylation is 1. The summed E-state index contributed by atoms with van der Waals surface area (Å²) in [6, 6.07) is 9.33. The van der Waals surface area contributed by atoms with Gasteiger partial charge in [-0.15, -0.1) is 0 Å². The highest BCUT2D eigenvalue weighted by molar-refractivity contribution is 5.94. The van der Waals surface area contributed by atoms with Gasteiger partial charge in [0.05, 0.1) is 0 Å². The summed E-state index contributed by atoms with van der Waals surface area (Å²) >= 11 is 0. The van der Waals surface area contributed by atoms with Crippen LogP contribution in [0.1, 0.15) is 33.3 Å². The normalized spacial score (nSPS) is 10.3. The van der Waals surface area contributed by atoms with Gasteiger partial charge in [0.2, 0.25) is 0 Å². The summed E-state index contributed by atoms with van der Waals surface area (Å²) in [5.74, 6) is -1.33. The Morgan fingerprint density at radius 1 is 1.05 bits per heavy atom. The van der Waals surface area contributed by atoms with Crippen molar-refractivity contribution in [2.24, 2.45) is 0 Å². The molecule has 1 heterocycles. The maximum absolute atomic E-state index is 12.2. The molecule has 0 atom stereocenters. The van der Waals surface area contributed by atoms with Gasteiger partial charge in [0, 0.05) is 16.9 Å². The second-order valence-electron chi connectivity index (χ2n) is 4.44. The predicted molar refractivity (Wildman–Crippen MR) is 73.7 cm³/mol. The molecule has 0 amide bonds. The van der Waals surface area contributed by atoms with E-state index in [2.05, 4.69) is 0 Å². The van der Waals surface area contributed by atoms with E-state index < -0.39 is 11.5 Å². The molecule has 20 heavy (non-hydrogen) atoms. The van der Waals surface area contributed by atoms with Crippen LogP contribution in [0.2, 0.25) is 0 Å². The summed E-state index contributed by atoms with van der Waals surface area (Å²) in [6.45, 7) is 3.17. The lowest BCUT2D eigenvalue weighted by atomic mass is 10.1. The maximum Gasteiger partial charge on any atom is 0.341 e. The Morgan fingerprint density at radius 3 is 2.15 bits per heavy atom. The first-order chi connectivity index (χ1) is 9.41. The molecule has 0 radical (unpaired) electrons. The number of carboxylic acid groups (broad SMARTS) is 1. The van der Waals surface area contributed by atoms with Crippen molar-refractivity contribution in [3.63, 3.8) is 0 Å². The van der Waals surface area contributed by atoms with E-state index in [-0.39, 0.29) is 11.3 Å². The van der Waals surface area contributed by atoms with Crippen molar-refractivity contribution in [3.05, 3.63) is 63.6 Å². The molecule has 0 saturated carbocycles. The minimum atomic E-state index is -1.26. The van der Waals surface area contributed by atoms with E-state index in [9.17, 15) is 14.4 Å². The number of ketones is 1. The number of benzene rings is 1. The molecule has 1 aromatic carbocycles. The number of Topliss-reactive ketones (excluding diaryl/α,β-unsaturated/α-hetero) is 1. The Kier molecular flexibility index (Phi) is 3.52. The van der Waals surface area contributed by atoms with E-state index in [1.54, 1.807) is 37.3 Å². The Bertz CT molecular complexity index is 741. The Balaban J connectivity index is 2.63. The molecule has 0 aliphatic heterocycles. The Morgan fingerprint density at radius 2 is 1.65 bits per heavy atom. The number of nitrogens with zero attached hydrogens (tertiary/aromatic N) is 1. The van der Waals surface area contributed by atoms with E-state index in [0.29, 0.717) is 16.9 Å². The maximum atomic E-state index is 12.2. The van der Waals surface area contributed by atoms with Gasteiger partial charge >= 0.3 is 5.97 Å². The van der Waals surface area contributed by atoms with Crippen molar-refractivity contribution in [1.29, 1.82) is 0 Å². The number of hydrogen-bond acceptors (Lipinski definition) is 3. The number of aromatic nitrogens is 1. The molecular weight excluding hydrogens is 258 g/mol. The molecule has 2 rings (SSSR count). The van der Waals surface area contributed by atoms with E-state index in [1.807, 2.05) is 0 Å². The SMILES string of the molecule is CC(=O)c1ccc(-n2c(C)ccc(C(=O)O)c2=O)cc1. The highest BCUT2D eigenvalue weighted by Gasteiger charge is 2.13. The lowest BCUT2D eigenvalue weighted by molar-refractivity contribution is 0.0694. The van der Waals surface area contributed by atoms with E-state index in [1.165, 1.54) is 17.6 Å². The highest BCUT2D eigenvalue weighted by Crippen LogP contribution is 2.11. The monoisotopic (exact) mass is 271 g/mol. The molecule has 0 saturated heterocycles. The molecule has 0 aliphatic rings. The molecule has 5 heteroatoms. The van der Waals surface area contributed by atoms with Crippen LogP contribution < -0.4 is 5.56 Å². The Labute approximate surface area is 115 Å². The number of pyridine rings is 1. The first kappa shape index (κ1) is 13.7. The molecular formula is C15H13NO4. The Hall–Kier alpha value is -2.69. The minimum Gasteiger partial charge on any atom is -0.477 e. The standard InChI is InChI=1S/C15H13NO4/c1-9-3-8-13(15(19)20)14(18)16(9)12-6-4-11(5-7-12)10(2)17/h3-8H,1-2H3,(H,19,20). The molecule has 0 spiro atoms. The zero-order chi connectivity index (χ0) is 14.9. The second kappa shape index (κ2) is 5.13. The molecule has 0 unspecified atom stereocenters.